The van der Waals surface area contributed by atoms with Crippen molar-refractivity contribution in [3.8, 4) is 5.75 Å². The van der Waals surface area contributed by atoms with Crippen LogP contribution in [0.5, 0.6) is 5.75 Å². The second-order valence-electron chi connectivity index (χ2n) is 5.72. The van der Waals surface area contributed by atoms with E-state index < -0.39 is 11.9 Å². The molecular formula is C16H19N3O5. The Labute approximate surface area is 138 Å². The summed E-state index contributed by atoms with van der Waals surface area (Å²) in [4.78, 5) is 25.2. The number of hydrogen-bond donors (Lipinski definition) is 3. The molecule has 0 saturated heterocycles. The van der Waals surface area contributed by atoms with Gasteiger partial charge in [-0.25, -0.2) is 9.59 Å². The van der Waals surface area contributed by atoms with Crippen LogP contribution >= 0.6 is 0 Å². The van der Waals surface area contributed by atoms with Gasteiger partial charge in [0, 0.05) is 13.1 Å². The summed E-state index contributed by atoms with van der Waals surface area (Å²) in [6.07, 6.45) is 2.49. The molecule has 8 nitrogen and oxygen atoms in total. The fourth-order valence-electron chi connectivity index (χ4n) is 3.14. The van der Waals surface area contributed by atoms with Crippen LogP contribution in [0.1, 0.15) is 12.0 Å². The first-order valence-corrected chi connectivity index (χ1v) is 7.84. The van der Waals surface area contributed by atoms with Crippen molar-refractivity contribution < 1.29 is 24.5 Å². The lowest BCUT2D eigenvalue weighted by Gasteiger charge is -2.40. The summed E-state index contributed by atoms with van der Waals surface area (Å²) in [5.41, 5.74) is 2.75. The molecule has 0 fully saturated rings. The molecule has 0 bridgehead atoms. The van der Waals surface area contributed by atoms with Gasteiger partial charge in [0.1, 0.15) is 11.6 Å². The lowest BCUT2D eigenvalue weighted by molar-refractivity contribution is -0.159. The van der Waals surface area contributed by atoms with E-state index in [-0.39, 0.29) is 6.10 Å². The third-order valence-electron chi connectivity index (χ3n) is 4.12. The molecule has 0 spiro atoms. The normalized spacial score (nSPS) is 20.6. The maximum Gasteiger partial charge on any atom is 0.414 e. The van der Waals surface area contributed by atoms with Crippen molar-refractivity contribution in [2.24, 2.45) is 4.99 Å². The summed E-state index contributed by atoms with van der Waals surface area (Å²) in [6.45, 7) is 3.89. The van der Waals surface area contributed by atoms with E-state index in [4.69, 9.17) is 24.5 Å². The predicted molar refractivity (Wildman–Crippen MR) is 87.0 cm³/mol. The molecule has 0 radical (unpaired) electrons. The minimum Gasteiger partial charge on any atom is -0.478 e. The number of aryl methyl sites for hydroxylation is 1. The topological polar surface area (TPSA) is 111 Å². The standard InChI is InChI=1S/C14H17N3O.C2H2O4/c1-3-10-4-2-8-17-9-12(14-15-6-7-16-14)18-11(5-1)13(10)17;3-1(4)2(5)6/h1,3,5,12H,2,4,6-9H2,(H,15,16);(H,3,4)(H,5,6). The summed E-state index contributed by atoms with van der Waals surface area (Å²) in [7, 11) is 0. The lowest BCUT2D eigenvalue weighted by atomic mass is 9.99. The van der Waals surface area contributed by atoms with E-state index in [0.717, 1.165) is 37.8 Å². The van der Waals surface area contributed by atoms with Crippen molar-refractivity contribution in [2.45, 2.75) is 18.9 Å². The van der Waals surface area contributed by atoms with Crippen LogP contribution in [0, 0.1) is 0 Å². The number of rotatable bonds is 1. The molecule has 0 aliphatic carbocycles. The number of para-hydroxylation sites is 1. The molecule has 8 heteroatoms. The monoisotopic (exact) mass is 333 g/mol. The van der Waals surface area contributed by atoms with Gasteiger partial charge in [0.15, 0.2) is 6.10 Å². The molecule has 3 aliphatic heterocycles. The van der Waals surface area contributed by atoms with Crippen molar-refractivity contribution in [1.82, 2.24) is 5.32 Å². The third kappa shape index (κ3) is 3.27. The van der Waals surface area contributed by atoms with Gasteiger partial charge >= 0.3 is 11.9 Å². The van der Waals surface area contributed by atoms with Gasteiger partial charge in [-0.2, -0.15) is 0 Å². The molecule has 0 aromatic heterocycles. The Morgan fingerprint density at radius 1 is 1.29 bits per heavy atom. The Kier molecular flexibility index (Phi) is 4.54. The number of carbonyl (C=O) groups is 2. The molecule has 3 heterocycles. The number of hydrogen-bond acceptors (Lipinski definition) is 6. The van der Waals surface area contributed by atoms with E-state index in [1.807, 2.05) is 0 Å². The summed E-state index contributed by atoms with van der Waals surface area (Å²) in [6, 6.07) is 6.41. The first-order chi connectivity index (χ1) is 11.6. The molecule has 0 amide bonds. The third-order valence-corrected chi connectivity index (χ3v) is 4.12. The smallest absolute Gasteiger partial charge is 0.414 e. The highest BCUT2D eigenvalue weighted by Crippen LogP contribution is 2.39. The summed E-state index contributed by atoms with van der Waals surface area (Å²) >= 11 is 0. The van der Waals surface area contributed by atoms with Crippen LogP contribution in [0.2, 0.25) is 0 Å². The van der Waals surface area contributed by atoms with E-state index in [2.05, 4.69) is 33.4 Å². The minimum atomic E-state index is -1.82. The minimum absolute atomic E-state index is 0.0772. The lowest BCUT2D eigenvalue weighted by Crippen LogP contribution is -2.49. The van der Waals surface area contributed by atoms with E-state index in [0.29, 0.717) is 0 Å². The number of nitrogens with one attached hydrogen (secondary N) is 1. The van der Waals surface area contributed by atoms with Gasteiger partial charge < -0.3 is 25.2 Å². The highest BCUT2D eigenvalue weighted by Gasteiger charge is 2.33. The van der Waals surface area contributed by atoms with Crippen LogP contribution in [0.25, 0.3) is 0 Å². The molecule has 1 aromatic carbocycles. The number of ether oxygens (including phenoxy) is 1. The Balaban J connectivity index is 0.000000246. The molecule has 3 aliphatic rings. The van der Waals surface area contributed by atoms with Crippen molar-refractivity contribution in [3.05, 3.63) is 23.8 Å². The predicted octanol–water partition coefficient (Wildman–Crippen LogP) is 0.357. The van der Waals surface area contributed by atoms with E-state index in [9.17, 15) is 0 Å². The summed E-state index contributed by atoms with van der Waals surface area (Å²) in [5, 5.41) is 18.1. The SMILES string of the molecule is O=C(O)C(=O)O.c1cc2c3c(c1)OC(C1=NCCN1)CN3CCC2. The molecule has 0 saturated carbocycles. The number of aliphatic imine (C=N–C) groups is 1. The zero-order chi connectivity index (χ0) is 17.1. The van der Waals surface area contributed by atoms with Crippen molar-refractivity contribution in [3.63, 3.8) is 0 Å². The van der Waals surface area contributed by atoms with Crippen LogP contribution in [0.15, 0.2) is 23.2 Å². The largest absolute Gasteiger partial charge is 0.478 e. The highest BCUT2D eigenvalue weighted by molar-refractivity contribution is 6.27. The summed E-state index contributed by atoms with van der Waals surface area (Å²) < 4.78 is 6.13. The van der Waals surface area contributed by atoms with Gasteiger partial charge in [-0.15, -0.1) is 0 Å². The van der Waals surface area contributed by atoms with E-state index in [1.165, 1.54) is 24.1 Å². The van der Waals surface area contributed by atoms with Gasteiger partial charge in [-0.1, -0.05) is 12.1 Å². The number of benzene rings is 1. The molecule has 128 valence electrons. The van der Waals surface area contributed by atoms with Gasteiger partial charge in [0.05, 0.1) is 18.8 Å². The van der Waals surface area contributed by atoms with Crippen LogP contribution < -0.4 is 15.0 Å². The van der Waals surface area contributed by atoms with Gasteiger partial charge in [-0.3, -0.25) is 4.99 Å². The Morgan fingerprint density at radius 3 is 2.75 bits per heavy atom. The fraction of sp³-hybridized carbons (Fsp3) is 0.438. The highest BCUT2D eigenvalue weighted by atomic mass is 16.5. The molecular weight excluding hydrogens is 314 g/mol. The number of carboxylic acids is 2. The average molecular weight is 333 g/mol. The zero-order valence-corrected chi connectivity index (χ0v) is 13.1. The molecule has 1 atom stereocenters. The van der Waals surface area contributed by atoms with Crippen LogP contribution in [0.3, 0.4) is 0 Å². The molecule has 1 unspecified atom stereocenters. The summed E-state index contributed by atoms with van der Waals surface area (Å²) in [5.74, 6) is -1.60. The quantitative estimate of drug-likeness (QED) is 0.636. The van der Waals surface area contributed by atoms with Gasteiger partial charge in [0.25, 0.3) is 0 Å². The average Bonchev–Trinajstić information content (AvgIpc) is 3.10. The second-order valence-corrected chi connectivity index (χ2v) is 5.72. The van der Waals surface area contributed by atoms with Crippen molar-refractivity contribution in [1.29, 1.82) is 0 Å². The van der Waals surface area contributed by atoms with Crippen LogP contribution in [-0.4, -0.2) is 60.3 Å². The number of aliphatic carboxylic acids is 2. The molecule has 24 heavy (non-hydrogen) atoms. The number of nitrogens with zero attached hydrogens (tertiary/aromatic N) is 2. The Morgan fingerprint density at radius 2 is 2.08 bits per heavy atom. The van der Waals surface area contributed by atoms with Crippen LogP contribution in [0.4, 0.5) is 5.69 Å². The van der Waals surface area contributed by atoms with Gasteiger partial charge in [-0.05, 0) is 24.5 Å². The zero-order valence-electron chi connectivity index (χ0n) is 13.1. The van der Waals surface area contributed by atoms with E-state index >= 15 is 0 Å². The Bertz CT molecular complexity index is 676. The van der Waals surface area contributed by atoms with Crippen molar-refractivity contribution in [2.75, 3.05) is 31.1 Å². The molecule has 4 rings (SSSR count). The maximum absolute atomic E-state index is 9.10. The first kappa shape index (κ1) is 16.1. The number of carboxylic acid groups (broad SMARTS) is 2. The van der Waals surface area contributed by atoms with Crippen LogP contribution in [-0.2, 0) is 16.0 Å². The number of amidine groups is 1. The second kappa shape index (κ2) is 6.77. The Hall–Kier alpha value is -2.77. The van der Waals surface area contributed by atoms with E-state index in [1.54, 1.807) is 0 Å². The first-order valence-electron chi connectivity index (χ1n) is 7.84. The maximum atomic E-state index is 9.10. The fourth-order valence-corrected chi connectivity index (χ4v) is 3.14. The molecule has 1 aromatic rings. The molecule has 3 N–H and O–H groups in total. The van der Waals surface area contributed by atoms with Crippen molar-refractivity contribution >= 4 is 23.5 Å². The van der Waals surface area contributed by atoms with Gasteiger partial charge in [0.2, 0.25) is 0 Å². The number of anilines is 1.